The summed E-state index contributed by atoms with van der Waals surface area (Å²) in [5.74, 6) is 1.68. The van der Waals surface area contributed by atoms with Crippen LogP contribution in [0.3, 0.4) is 0 Å². The Bertz CT molecular complexity index is 419. The second-order valence-electron chi connectivity index (χ2n) is 7.75. The van der Waals surface area contributed by atoms with Crippen LogP contribution in [0.1, 0.15) is 46.5 Å². The van der Waals surface area contributed by atoms with Crippen LogP contribution < -0.4 is 5.32 Å². The summed E-state index contributed by atoms with van der Waals surface area (Å²) in [5, 5.41) is 3.80. The Labute approximate surface area is 127 Å². The summed E-state index contributed by atoms with van der Waals surface area (Å²) in [4.78, 5) is 13.9. The van der Waals surface area contributed by atoms with Crippen LogP contribution in [0, 0.1) is 11.8 Å². The summed E-state index contributed by atoms with van der Waals surface area (Å²) in [5.41, 5.74) is -0.401. The number of hydrogen-bond acceptors (Lipinski definition) is 3. The molecule has 1 amide bonds. The molecule has 3 unspecified atom stereocenters. The van der Waals surface area contributed by atoms with Gasteiger partial charge in [0.15, 0.2) is 0 Å². The first-order valence-electron chi connectivity index (χ1n) is 8.33. The molecule has 0 aromatic rings. The highest BCUT2D eigenvalue weighted by atomic mass is 16.6. The van der Waals surface area contributed by atoms with E-state index in [1.165, 1.54) is 12.8 Å². The number of carbonyl (C=O) groups excluding carboxylic acids is 1. The van der Waals surface area contributed by atoms with Gasteiger partial charge >= 0.3 is 6.09 Å². The van der Waals surface area contributed by atoms with Gasteiger partial charge in [-0.3, -0.25) is 0 Å². The third-order valence-electron chi connectivity index (χ3n) is 4.96. The Hall–Kier alpha value is -1.03. The van der Waals surface area contributed by atoms with Crippen LogP contribution >= 0.6 is 0 Å². The summed E-state index contributed by atoms with van der Waals surface area (Å²) in [7, 11) is 0. The van der Waals surface area contributed by atoms with Gasteiger partial charge in [-0.05, 0) is 58.3 Å². The highest BCUT2D eigenvalue weighted by Gasteiger charge is 2.42. The van der Waals surface area contributed by atoms with Gasteiger partial charge in [0, 0.05) is 25.2 Å². The van der Waals surface area contributed by atoms with Crippen LogP contribution in [0.15, 0.2) is 12.2 Å². The van der Waals surface area contributed by atoms with Gasteiger partial charge in [-0.1, -0.05) is 12.2 Å². The minimum absolute atomic E-state index is 0.164. The number of fused-ring (bicyclic) bond motifs is 1. The molecule has 118 valence electrons. The number of carbonyl (C=O) groups is 1. The molecule has 1 heterocycles. The van der Waals surface area contributed by atoms with Gasteiger partial charge in [-0.25, -0.2) is 4.79 Å². The summed E-state index contributed by atoms with van der Waals surface area (Å²) >= 11 is 0. The minimum atomic E-state index is -0.401. The van der Waals surface area contributed by atoms with Crippen LogP contribution in [0.2, 0.25) is 0 Å². The SMILES string of the molecule is CC(C)(C)OC(=O)N1CCC(NC2CC3CC=CC32)CC1. The fourth-order valence-electron chi connectivity index (χ4n) is 3.77. The summed E-state index contributed by atoms with van der Waals surface area (Å²) < 4.78 is 5.44. The molecule has 1 aliphatic heterocycles. The molecule has 2 aliphatic carbocycles. The Kier molecular flexibility index (Phi) is 4.00. The molecule has 3 atom stereocenters. The third kappa shape index (κ3) is 3.42. The number of likely N-dealkylation sites (tertiary alicyclic amines) is 1. The van der Waals surface area contributed by atoms with Crippen molar-refractivity contribution in [2.24, 2.45) is 11.8 Å². The van der Waals surface area contributed by atoms with Gasteiger partial charge < -0.3 is 15.0 Å². The van der Waals surface area contributed by atoms with Crippen LogP contribution in [-0.4, -0.2) is 41.8 Å². The monoisotopic (exact) mass is 292 g/mol. The van der Waals surface area contributed by atoms with Crippen molar-refractivity contribution in [2.75, 3.05) is 13.1 Å². The maximum Gasteiger partial charge on any atom is 0.410 e. The van der Waals surface area contributed by atoms with E-state index in [1.54, 1.807) is 0 Å². The molecule has 4 nitrogen and oxygen atoms in total. The Morgan fingerprint density at radius 2 is 2.00 bits per heavy atom. The minimum Gasteiger partial charge on any atom is -0.444 e. The second-order valence-corrected chi connectivity index (χ2v) is 7.75. The zero-order valence-electron chi connectivity index (χ0n) is 13.5. The number of allylic oxidation sites excluding steroid dienone is 1. The lowest BCUT2D eigenvalue weighted by molar-refractivity contribution is 0.0184. The normalized spacial score (nSPS) is 32.7. The molecule has 21 heavy (non-hydrogen) atoms. The Morgan fingerprint density at radius 3 is 2.62 bits per heavy atom. The first-order chi connectivity index (χ1) is 9.92. The van der Waals surface area contributed by atoms with Gasteiger partial charge in [0.2, 0.25) is 0 Å². The number of nitrogens with zero attached hydrogens (tertiary/aromatic N) is 1. The first kappa shape index (κ1) is 14.9. The fourth-order valence-corrected chi connectivity index (χ4v) is 3.77. The van der Waals surface area contributed by atoms with Crippen LogP contribution in [0.5, 0.6) is 0 Å². The summed E-state index contributed by atoms with van der Waals surface area (Å²) in [6.07, 6.45) is 9.24. The van der Waals surface area contributed by atoms with Crippen molar-refractivity contribution in [2.45, 2.75) is 64.1 Å². The van der Waals surface area contributed by atoms with Gasteiger partial charge in [-0.15, -0.1) is 0 Å². The van der Waals surface area contributed by atoms with Crippen molar-refractivity contribution in [3.63, 3.8) is 0 Å². The lowest BCUT2D eigenvalue weighted by Gasteiger charge is -2.44. The number of rotatable bonds is 2. The van der Waals surface area contributed by atoms with E-state index in [2.05, 4.69) is 17.5 Å². The van der Waals surface area contributed by atoms with Crippen molar-refractivity contribution in [3.05, 3.63) is 12.2 Å². The Morgan fingerprint density at radius 1 is 1.29 bits per heavy atom. The molecule has 1 N–H and O–H groups in total. The van der Waals surface area contributed by atoms with E-state index >= 15 is 0 Å². The fraction of sp³-hybridized carbons (Fsp3) is 0.824. The standard InChI is InChI=1S/C17H28N2O2/c1-17(2,3)21-16(20)19-9-7-13(8-10-19)18-15-11-12-5-4-6-14(12)15/h4,6,12-15,18H,5,7-11H2,1-3H3. The van der Waals surface area contributed by atoms with E-state index in [9.17, 15) is 4.79 Å². The zero-order valence-corrected chi connectivity index (χ0v) is 13.5. The van der Waals surface area contributed by atoms with Gasteiger partial charge in [-0.2, -0.15) is 0 Å². The van der Waals surface area contributed by atoms with Crippen molar-refractivity contribution in [1.29, 1.82) is 0 Å². The maximum atomic E-state index is 12.0. The number of hydrogen-bond donors (Lipinski definition) is 1. The molecule has 0 bridgehead atoms. The third-order valence-corrected chi connectivity index (χ3v) is 4.96. The van der Waals surface area contributed by atoms with E-state index in [0.29, 0.717) is 12.1 Å². The average molecular weight is 292 g/mol. The lowest BCUT2D eigenvalue weighted by Crippen LogP contribution is -2.55. The molecular weight excluding hydrogens is 264 g/mol. The summed E-state index contributed by atoms with van der Waals surface area (Å²) in [6, 6.07) is 1.23. The molecule has 0 spiro atoms. The van der Waals surface area contributed by atoms with Crippen LogP contribution in [-0.2, 0) is 4.74 Å². The molecule has 3 rings (SSSR count). The predicted octanol–water partition coefficient (Wildman–Crippen LogP) is 2.94. The molecule has 0 aromatic carbocycles. The molecule has 1 saturated carbocycles. The summed E-state index contributed by atoms with van der Waals surface area (Å²) in [6.45, 7) is 7.37. The quantitative estimate of drug-likeness (QED) is 0.796. The van der Waals surface area contributed by atoms with Crippen molar-refractivity contribution in [3.8, 4) is 0 Å². The molecule has 4 heteroatoms. The number of nitrogens with one attached hydrogen (secondary N) is 1. The molecule has 2 fully saturated rings. The number of piperidine rings is 1. The van der Waals surface area contributed by atoms with E-state index in [4.69, 9.17) is 4.74 Å². The van der Waals surface area contributed by atoms with E-state index in [-0.39, 0.29) is 6.09 Å². The topological polar surface area (TPSA) is 41.6 Å². The first-order valence-corrected chi connectivity index (χ1v) is 8.33. The van der Waals surface area contributed by atoms with Crippen molar-refractivity contribution in [1.82, 2.24) is 10.2 Å². The highest BCUT2D eigenvalue weighted by Crippen LogP contribution is 2.43. The molecule has 0 radical (unpaired) electrons. The second kappa shape index (κ2) is 5.64. The zero-order chi connectivity index (χ0) is 15.0. The Balaban J connectivity index is 1.41. The molecular formula is C17H28N2O2. The highest BCUT2D eigenvalue weighted by molar-refractivity contribution is 5.68. The van der Waals surface area contributed by atoms with E-state index in [0.717, 1.165) is 37.8 Å². The average Bonchev–Trinajstić information content (AvgIpc) is 2.76. The van der Waals surface area contributed by atoms with Crippen molar-refractivity contribution >= 4 is 6.09 Å². The lowest BCUT2D eigenvalue weighted by atomic mass is 9.71. The van der Waals surface area contributed by atoms with Crippen LogP contribution in [0.4, 0.5) is 4.79 Å². The maximum absolute atomic E-state index is 12.0. The molecule has 0 aromatic heterocycles. The van der Waals surface area contributed by atoms with E-state index < -0.39 is 5.60 Å². The smallest absolute Gasteiger partial charge is 0.410 e. The number of ether oxygens (including phenoxy) is 1. The van der Waals surface area contributed by atoms with Crippen molar-refractivity contribution < 1.29 is 9.53 Å². The predicted molar refractivity (Wildman–Crippen MR) is 83.1 cm³/mol. The van der Waals surface area contributed by atoms with Gasteiger partial charge in [0.25, 0.3) is 0 Å². The molecule has 3 aliphatic rings. The van der Waals surface area contributed by atoms with Gasteiger partial charge in [0.1, 0.15) is 5.60 Å². The van der Waals surface area contributed by atoms with Gasteiger partial charge in [0.05, 0.1) is 0 Å². The van der Waals surface area contributed by atoms with E-state index in [1.807, 2.05) is 25.7 Å². The van der Waals surface area contributed by atoms with Crippen LogP contribution in [0.25, 0.3) is 0 Å². The largest absolute Gasteiger partial charge is 0.444 e. The number of amides is 1. The molecule has 1 saturated heterocycles.